The number of ether oxygens (including phenoxy) is 1. The lowest BCUT2D eigenvalue weighted by atomic mass is 10.2. The van der Waals surface area contributed by atoms with E-state index in [1.54, 1.807) is 12.1 Å². The second-order valence-corrected chi connectivity index (χ2v) is 6.59. The summed E-state index contributed by atoms with van der Waals surface area (Å²) in [6.45, 7) is 0.863. The molecule has 2 amide bonds. The van der Waals surface area contributed by atoms with Crippen LogP contribution in [0.1, 0.15) is 0 Å². The van der Waals surface area contributed by atoms with E-state index < -0.39 is 36.2 Å². The molecule has 1 aromatic rings. The van der Waals surface area contributed by atoms with Gasteiger partial charge in [0.15, 0.2) is 11.6 Å². The monoisotopic (exact) mass is 420 g/mol. The predicted octanol–water partition coefficient (Wildman–Crippen LogP) is 1.35. The first-order chi connectivity index (χ1) is 13.8. The van der Waals surface area contributed by atoms with Crippen LogP contribution in [-0.4, -0.2) is 76.0 Å². The Morgan fingerprint density at radius 1 is 1.24 bits per heavy atom. The van der Waals surface area contributed by atoms with Crippen molar-refractivity contribution in [3.8, 4) is 0 Å². The number of nitrogens with one attached hydrogen (secondary N) is 1. The Balaban J connectivity index is 1.71. The Hall–Kier alpha value is -2.60. The molecule has 160 valence electrons. The molecule has 0 radical (unpaired) electrons. The fourth-order valence-corrected chi connectivity index (χ4v) is 3.11. The summed E-state index contributed by atoms with van der Waals surface area (Å²) >= 11 is 0. The lowest BCUT2D eigenvalue weighted by molar-refractivity contribution is -0.132. The quantitative estimate of drug-likeness (QED) is 0.726. The summed E-state index contributed by atoms with van der Waals surface area (Å²) in [4.78, 5) is 30.8. The summed E-state index contributed by atoms with van der Waals surface area (Å²) in [5.74, 6) is -3.20. The third-order valence-electron chi connectivity index (χ3n) is 4.56. The van der Waals surface area contributed by atoms with Gasteiger partial charge in [-0.1, -0.05) is 0 Å². The molecular weight excluding hydrogens is 400 g/mol. The maximum Gasteiger partial charge on any atom is 0.414 e. The zero-order chi connectivity index (χ0) is 21.1. The number of hydroxylamine groups is 2. The number of cyclic esters (lactones) is 1. The molecule has 0 aliphatic carbocycles. The lowest BCUT2D eigenvalue weighted by Crippen LogP contribution is -2.37. The van der Waals surface area contributed by atoms with Gasteiger partial charge in [0.05, 0.1) is 25.4 Å². The van der Waals surface area contributed by atoms with Crippen molar-refractivity contribution in [1.29, 1.82) is 0 Å². The zero-order valence-electron chi connectivity index (χ0n) is 15.5. The Morgan fingerprint density at radius 2 is 1.93 bits per heavy atom. The summed E-state index contributed by atoms with van der Waals surface area (Å²) in [5, 5.41) is 3.52. The molecule has 2 aliphatic rings. The maximum absolute atomic E-state index is 14.7. The Bertz CT molecular complexity index is 759. The minimum Gasteiger partial charge on any atom is -0.442 e. The van der Waals surface area contributed by atoms with Crippen molar-refractivity contribution < 1.29 is 36.7 Å². The van der Waals surface area contributed by atoms with E-state index in [9.17, 15) is 27.2 Å². The van der Waals surface area contributed by atoms with E-state index in [4.69, 9.17) is 9.57 Å². The number of anilines is 2. The first-order valence-corrected chi connectivity index (χ1v) is 8.88. The van der Waals surface area contributed by atoms with Crippen LogP contribution < -0.4 is 15.1 Å². The normalized spacial score (nSPS) is 20.8. The molecule has 2 fully saturated rings. The molecule has 1 unspecified atom stereocenters. The number of nitrogens with zero attached hydrogens (tertiary/aromatic N) is 3. The number of carbonyl (C=O) groups excluding carboxylic acids is 2. The van der Waals surface area contributed by atoms with Crippen LogP contribution in [0.5, 0.6) is 0 Å². The molecule has 3 rings (SSSR count). The lowest BCUT2D eigenvalue weighted by Gasteiger charge is -2.24. The maximum atomic E-state index is 14.7. The number of carbonyl (C=O) groups is 2. The van der Waals surface area contributed by atoms with Crippen molar-refractivity contribution in [3.05, 3.63) is 23.8 Å². The van der Waals surface area contributed by atoms with Gasteiger partial charge >= 0.3 is 12.5 Å². The summed E-state index contributed by atoms with van der Waals surface area (Å²) in [5.41, 5.74) is -0.291. The molecule has 0 bridgehead atoms. The van der Waals surface area contributed by atoms with Crippen molar-refractivity contribution in [2.24, 2.45) is 0 Å². The highest BCUT2D eigenvalue weighted by Crippen LogP contribution is 2.31. The molecule has 12 heteroatoms. The van der Waals surface area contributed by atoms with E-state index in [0.717, 1.165) is 17.0 Å². The second kappa shape index (κ2) is 8.82. The van der Waals surface area contributed by atoms with E-state index in [0.29, 0.717) is 13.1 Å². The standard InChI is InChI=1S/C17H20F4N4O4/c1-23-2-3-24(4-5-28-23)14-12(18)6-10(7-13(14)19)25-9-11(29-17(25)27)8-22-16(26)15(20)21/h6-7,11,15H,2-5,8-9H2,1H3,(H,22,26). The van der Waals surface area contributed by atoms with Gasteiger partial charge in [0.25, 0.3) is 5.91 Å². The van der Waals surface area contributed by atoms with Gasteiger partial charge in [0.1, 0.15) is 11.8 Å². The third kappa shape index (κ3) is 4.88. The average Bonchev–Trinajstić information content (AvgIpc) is 2.90. The predicted molar refractivity (Wildman–Crippen MR) is 93.8 cm³/mol. The van der Waals surface area contributed by atoms with Crippen molar-refractivity contribution in [2.45, 2.75) is 12.5 Å². The first-order valence-electron chi connectivity index (χ1n) is 8.88. The molecule has 8 nitrogen and oxygen atoms in total. The van der Waals surface area contributed by atoms with Crippen molar-refractivity contribution >= 4 is 23.4 Å². The number of halogens is 4. The van der Waals surface area contributed by atoms with E-state index in [-0.39, 0.29) is 37.6 Å². The number of alkyl halides is 2. The largest absolute Gasteiger partial charge is 0.442 e. The number of amides is 2. The fraction of sp³-hybridized carbons (Fsp3) is 0.529. The summed E-state index contributed by atoms with van der Waals surface area (Å²) in [6, 6.07) is 2.02. The number of hydrogen-bond acceptors (Lipinski definition) is 6. The summed E-state index contributed by atoms with van der Waals surface area (Å²) in [7, 11) is 1.72. The van der Waals surface area contributed by atoms with Crippen LogP contribution in [0.15, 0.2) is 12.1 Å². The van der Waals surface area contributed by atoms with E-state index >= 15 is 0 Å². The van der Waals surface area contributed by atoms with Gasteiger partial charge in [-0.3, -0.25) is 14.5 Å². The molecular formula is C17H20F4N4O4. The summed E-state index contributed by atoms with van der Waals surface area (Å²) in [6.07, 6.45) is -5.00. The molecule has 2 saturated heterocycles. The fourth-order valence-electron chi connectivity index (χ4n) is 3.11. The number of hydrogen-bond donors (Lipinski definition) is 1. The van der Waals surface area contributed by atoms with E-state index in [1.165, 1.54) is 4.90 Å². The molecule has 1 atom stereocenters. The van der Waals surface area contributed by atoms with Crippen LogP contribution in [0.4, 0.5) is 33.7 Å². The van der Waals surface area contributed by atoms with Crippen LogP contribution in [0.25, 0.3) is 0 Å². The molecule has 0 spiro atoms. The molecule has 0 saturated carbocycles. The highest BCUT2D eigenvalue weighted by atomic mass is 19.3. The number of benzene rings is 1. The minimum atomic E-state index is -3.19. The van der Waals surface area contributed by atoms with Crippen molar-refractivity contribution in [1.82, 2.24) is 10.4 Å². The first kappa shape index (κ1) is 21.1. The molecule has 1 N–H and O–H groups in total. The van der Waals surface area contributed by atoms with Crippen molar-refractivity contribution in [2.75, 3.05) is 56.2 Å². The average molecular weight is 420 g/mol. The van der Waals surface area contributed by atoms with Gasteiger partial charge in [-0.2, -0.15) is 13.8 Å². The molecule has 0 aromatic heterocycles. The van der Waals surface area contributed by atoms with Crippen LogP contribution in [0.2, 0.25) is 0 Å². The van der Waals surface area contributed by atoms with Gasteiger partial charge < -0.3 is 15.0 Å². The van der Waals surface area contributed by atoms with E-state index in [1.807, 2.05) is 5.32 Å². The molecule has 2 aliphatic heterocycles. The van der Waals surface area contributed by atoms with Gasteiger partial charge in [-0.25, -0.2) is 13.6 Å². The minimum absolute atomic E-state index is 0.0698. The highest BCUT2D eigenvalue weighted by molar-refractivity contribution is 5.90. The van der Waals surface area contributed by atoms with Crippen LogP contribution >= 0.6 is 0 Å². The van der Waals surface area contributed by atoms with Crippen LogP contribution in [-0.2, 0) is 14.4 Å². The zero-order valence-corrected chi connectivity index (χ0v) is 15.5. The summed E-state index contributed by atoms with van der Waals surface area (Å²) < 4.78 is 58.8. The smallest absolute Gasteiger partial charge is 0.414 e. The SMILES string of the molecule is CN1CCN(c2c(F)cc(N3CC(CNC(=O)C(F)F)OC3=O)cc2F)CCO1. The van der Waals surface area contributed by atoms with Crippen LogP contribution in [0.3, 0.4) is 0 Å². The van der Waals surface area contributed by atoms with E-state index in [2.05, 4.69) is 0 Å². The third-order valence-corrected chi connectivity index (χ3v) is 4.56. The molecule has 29 heavy (non-hydrogen) atoms. The van der Waals surface area contributed by atoms with Crippen molar-refractivity contribution in [3.63, 3.8) is 0 Å². The second-order valence-electron chi connectivity index (χ2n) is 6.59. The van der Waals surface area contributed by atoms with Crippen LogP contribution in [0, 0.1) is 11.6 Å². The topological polar surface area (TPSA) is 74.4 Å². The Morgan fingerprint density at radius 3 is 2.59 bits per heavy atom. The number of likely N-dealkylation sites (N-methyl/N-ethyl adjacent to an activating group) is 1. The Labute approximate surface area is 163 Å². The number of rotatable bonds is 5. The van der Waals surface area contributed by atoms with Gasteiger partial charge in [0, 0.05) is 38.8 Å². The molecule has 2 heterocycles. The molecule has 1 aromatic carbocycles. The Kier molecular flexibility index (Phi) is 6.42. The van der Waals surface area contributed by atoms with Gasteiger partial charge in [-0.15, -0.1) is 0 Å². The highest BCUT2D eigenvalue weighted by Gasteiger charge is 2.34. The van der Waals surface area contributed by atoms with Gasteiger partial charge in [0.2, 0.25) is 0 Å². The van der Waals surface area contributed by atoms with Gasteiger partial charge in [-0.05, 0) is 0 Å².